The predicted octanol–water partition coefficient (Wildman–Crippen LogP) is 3.01. The molecule has 1 aromatic carbocycles. The Morgan fingerprint density at radius 1 is 1.30 bits per heavy atom. The molecule has 0 radical (unpaired) electrons. The highest BCUT2D eigenvalue weighted by Crippen LogP contribution is 2.25. The van der Waals surface area contributed by atoms with E-state index in [0.29, 0.717) is 12.4 Å². The zero-order valence-corrected chi connectivity index (χ0v) is 13.3. The van der Waals surface area contributed by atoms with Gasteiger partial charge in [-0.1, -0.05) is 37.3 Å². The van der Waals surface area contributed by atoms with Crippen molar-refractivity contribution in [3.8, 4) is 11.4 Å². The first-order valence-corrected chi connectivity index (χ1v) is 8.08. The van der Waals surface area contributed by atoms with E-state index in [-0.39, 0.29) is 5.92 Å². The van der Waals surface area contributed by atoms with Crippen molar-refractivity contribution in [3.63, 3.8) is 0 Å². The van der Waals surface area contributed by atoms with Crippen LogP contribution in [0.5, 0.6) is 0 Å². The van der Waals surface area contributed by atoms with Crippen LogP contribution in [-0.4, -0.2) is 34.1 Å². The van der Waals surface area contributed by atoms with Gasteiger partial charge in [0.1, 0.15) is 5.82 Å². The molecule has 1 N–H and O–H groups in total. The summed E-state index contributed by atoms with van der Waals surface area (Å²) in [5, 5.41) is 9.28. The van der Waals surface area contributed by atoms with Gasteiger partial charge in [0.2, 0.25) is 0 Å². The second-order valence-corrected chi connectivity index (χ2v) is 5.88. The first-order chi connectivity index (χ1) is 11.2. The molecule has 0 amide bonds. The lowest BCUT2D eigenvalue weighted by Crippen LogP contribution is -2.39. The Kier molecular flexibility index (Phi) is 4.55. The second-order valence-electron chi connectivity index (χ2n) is 5.88. The average Bonchev–Trinajstić information content (AvgIpc) is 2.62. The number of anilines is 1. The minimum atomic E-state index is -0.720. The summed E-state index contributed by atoms with van der Waals surface area (Å²) in [6, 6.07) is 11.9. The topological polar surface area (TPSA) is 66.3 Å². The van der Waals surface area contributed by atoms with Crippen molar-refractivity contribution in [2.45, 2.75) is 26.2 Å². The van der Waals surface area contributed by atoms with Gasteiger partial charge in [-0.15, -0.1) is 0 Å². The summed E-state index contributed by atoms with van der Waals surface area (Å²) in [5.41, 5.74) is 1.96. The molecule has 0 bridgehead atoms. The van der Waals surface area contributed by atoms with E-state index in [1.807, 2.05) is 36.4 Å². The van der Waals surface area contributed by atoms with E-state index in [4.69, 9.17) is 4.98 Å². The molecule has 23 heavy (non-hydrogen) atoms. The largest absolute Gasteiger partial charge is 0.481 e. The molecular weight excluding hydrogens is 290 g/mol. The molecule has 1 saturated heterocycles. The van der Waals surface area contributed by atoms with Crippen LogP contribution in [-0.2, 0) is 11.2 Å². The molecule has 2 heterocycles. The van der Waals surface area contributed by atoms with Gasteiger partial charge >= 0.3 is 5.97 Å². The van der Waals surface area contributed by atoms with Crippen molar-refractivity contribution in [2.24, 2.45) is 5.92 Å². The number of piperidine rings is 1. The van der Waals surface area contributed by atoms with E-state index < -0.39 is 5.97 Å². The fourth-order valence-corrected chi connectivity index (χ4v) is 2.93. The van der Waals surface area contributed by atoms with Gasteiger partial charge in [0.25, 0.3) is 0 Å². The SMILES string of the molecule is CCc1cc(N2CCCC(C(=O)O)C2)nc(-c2ccccc2)n1. The predicted molar refractivity (Wildman–Crippen MR) is 89.4 cm³/mol. The number of aryl methyl sites for hydroxylation is 1. The lowest BCUT2D eigenvalue weighted by molar-refractivity contribution is -0.141. The van der Waals surface area contributed by atoms with Gasteiger partial charge in [-0.2, -0.15) is 0 Å². The molecule has 1 aliphatic heterocycles. The van der Waals surface area contributed by atoms with Crippen LogP contribution in [0.25, 0.3) is 11.4 Å². The molecule has 0 spiro atoms. The van der Waals surface area contributed by atoms with Crippen LogP contribution in [0, 0.1) is 5.92 Å². The third-order valence-corrected chi connectivity index (χ3v) is 4.25. The Morgan fingerprint density at radius 3 is 2.78 bits per heavy atom. The Labute approximate surface area is 136 Å². The van der Waals surface area contributed by atoms with Crippen molar-refractivity contribution in [1.82, 2.24) is 9.97 Å². The minimum absolute atomic E-state index is 0.316. The van der Waals surface area contributed by atoms with Crippen molar-refractivity contribution < 1.29 is 9.90 Å². The molecule has 1 unspecified atom stereocenters. The number of hydrogen-bond donors (Lipinski definition) is 1. The zero-order valence-electron chi connectivity index (χ0n) is 13.3. The number of aliphatic carboxylic acids is 1. The van der Waals surface area contributed by atoms with Crippen molar-refractivity contribution in [3.05, 3.63) is 42.1 Å². The second kappa shape index (κ2) is 6.77. The van der Waals surface area contributed by atoms with Gasteiger partial charge in [0.05, 0.1) is 5.92 Å². The van der Waals surface area contributed by atoms with E-state index in [9.17, 15) is 9.90 Å². The van der Waals surface area contributed by atoms with Crippen LogP contribution in [0.3, 0.4) is 0 Å². The summed E-state index contributed by atoms with van der Waals surface area (Å²) in [6.07, 6.45) is 2.44. The number of benzene rings is 1. The molecule has 1 atom stereocenters. The minimum Gasteiger partial charge on any atom is -0.481 e. The molecule has 0 aliphatic carbocycles. The van der Waals surface area contributed by atoms with Crippen LogP contribution in [0.15, 0.2) is 36.4 Å². The van der Waals surface area contributed by atoms with Crippen LogP contribution in [0.4, 0.5) is 5.82 Å². The maximum absolute atomic E-state index is 11.3. The first kappa shape index (κ1) is 15.5. The molecular formula is C18H21N3O2. The number of nitrogens with zero attached hydrogens (tertiary/aromatic N) is 3. The summed E-state index contributed by atoms with van der Waals surface area (Å²) < 4.78 is 0. The van der Waals surface area contributed by atoms with Gasteiger partial charge in [-0.05, 0) is 19.3 Å². The molecule has 2 aromatic rings. The Morgan fingerprint density at radius 2 is 2.09 bits per heavy atom. The molecule has 1 fully saturated rings. The number of carboxylic acid groups (broad SMARTS) is 1. The molecule has 0 saturated carbocycles. The van der Waals surface area contributed by atoms with E-state index in [0.717, 1.165) is 42.9 Å². The normalized spacial score (nSPS) is 18.0. The van der Waals surface area contributed by atoms with Crippen molar-refractivity contribution in [1.29, 1.82) is 0 Å². The van der Waals surface area contributed by atoms with Crippen LogP contribution in [0.2, 0.25) is 0 Å². The third-order valence-electron chi connectivity index (χ3n) is 4.25. The molecule has 1 aliphatic rings. The summed E-state index contributed by atoms with van der Waals surface area (Å²) >= 11 is 0. The Hall–Kier alpha value is -2.43. The highest BCUT2D eigenvalue weighted by Gasteiger charge is 2.26. The monoisotopic (exact) mass is 311 g/mol. The fourth-order valence-electron chi connectivity index (χ4n) is 2.93. The number of carboxylic acids is 1. The highest BCUT2D eigenvalue weighted by molar-refractivity contribution is 5.71. The first-order valence-electron chi connectivity index (χ1n) is 8.08. The quantitative estimate of drug-likeness (QED) is 0.940. The lowest BCUT2D eigenvalue weighted by atomic mass is 9.98. The summed E-state index contributed by atoms with van der Waals surface area (Å²) in [7, 11) is 0. The standard InChI is InChI=1S/C18H21N3O2/c1-2-15-11-16(21-10-6-9-14(12-21)18(22)23)20-17(19-15)13-7-4-3-5-8-13/h3-5,7-8,11,14H,2,6,9-10,12H2,1H3,(H,22,23). The van der Waals surface area contributed by atoms with E-state index in [1.54, 1.807) is 0 Å². The zero-order chi connectivity index (χ0) is 16.2. The van der Waals surface area contributed by atoms with Gasteiger partial charge in [-0.25, -0.2) is 9.97 Å². The van der Waals surface area contributed by atoms with Gasteiger partial charge in [0, 0.05) is 30.4 Å². The maximum Gasteiger partial charge on any atom is 0.308 e. The smallest absolute Gasteiger partial charge is 0.308 e. The van der Waals surface area contributed by atoms with Gasteiger partial charge in [0.15, 0.2) is 5.82 Å². The summed E-state index contributed by atoms with van der Waals surface area (Å²) in [4.78, 5) is 22.7. The Balaban J connectivity index is 1.94. The molecule has 120 valence electrons. The Bertz CT molecular complexity index is 688. The van der Waals surface area contributed by atoms with E-state index >= 15 is 0 Å². The molecule has 3 rings (SSSR count). The highest BCUT2D eigenvalue weighted by atomic mass is 16.4. The van der Waals surface area contributed by atoms with Crippen molar-refractivity contribution >= 4 is 11.8 Å². The van der Waals surface area contributed by atoms with Crippen LogP contribution >= 0.6 is 0 Å². The van der Waals surface area contributed by atoms with Crippen LogP contribution in [0.1, 0.15) is 25.5 Å². The molecule has 1 aromatic heterocycles. The average molecular weight is 311 g/mol. The summed E-state index contributed by atoms with van der Waals surface area (Å²) in [6.45, 7) is 3.43. The fraction of sp³-hybridized carbons (Fsp3) is 0.389. The van der Waals surface area contributed by atoms with Gasteiger partial charge in [-0.3, -0.25) is 4.79 Å². The number of aromatic nitrogens is 2. The maximum atomic E-state index is 11.3. The molecule has 5 nitrogen and oxygen atoms in total. The van der Waals surface area contributed by atoms with Crippen LogP contribution < -0.4 is 4.90 Å². The van der Waals surface area contributed by atoms with E-state index in [2.05, 4.69) is 16.8 Å². The van der Waals surface area contributed by atoms with Crippen molar-refractivity contribution in [2.75, 3.05) is 18.0 Å². The number of carbonyl (C=O) groups is 1. The van der Waals surface area contributed by atoms with Gasteiger partial charge < -0.3 is 10.0 Å². The lowest BCUT2D eigenvalue weighted by Gasteiger charge is -2.32. The number of hydrogen-bond acceptors (Lipinski definition) is 4. The summed E-state index contributed by atoms with van der Waals surface area (Å²) in [5.74, 6) is 0.505. The number of rotatable bonds is 4. The van der Waals surface area contributed by atoms with E-state index in [1.165, 1.54) is 0 Å². The molecule has 5 heteroatoms. The third kappa shape index (κ3) is 3.50.